The molecule has 1 aliphatic rings. The molecule has 0 aliphatic heterocycles. The van der Waals surface area contributed by atoms with Crippen LogP contribution in [0.4, 0.5) is 5.69 Å². The monoisotopic (exact) mass is 341 g/mol. The molecule has 0 fully saturated rings. The van der Waals surface area contributed by atoms with Crippen LogP contribution in [0.1, 0.15) is 26.7 Å². The molecular weight excluding hydrogens is 325 g/mol. The number of halogens is 1. The minimum Gasteiger partial charge on any atom is -0.359 e. The summed E-state index contributed by atoms with van der Waals surface area (Å²) in [6, 6.07) is 8.18. The molecule has 0 atom stereocenters. The molecule has 1 aliphatic carbocycles. The molecule has 90 valence electrons. The smallest absolute Gasteiger partial charge is 0.157 e. The number of ketones is 1. The summed E-state index contributed by atoms with van der Waals surface area (Å²) in [7, 11) is 0. The quantitative estimate of drug-likeness (QED) is 0.825. The Labute approximate surface area is 116 Å². The van der Waals surface area contributed by atoms with Gasteiger partial charge in [-0.25, -0.2) is 0 Å². The number of carbonyl (C=O) groups excluding carboxylic acids is 1. The number of hydrogen-bond donors (Lipinski definition) is 1. The third-order valence-corrected chi connectivity index (χ3v) is 3.53. The average Bonchev–Trinajstić information content (AvgIpc) is 2.18. The van der Waals surface area contributed by atoms with Crippen molar-refractivity contribution in [2.24, 2.45) is 5.41 Å². The van der Waals surface area contributed by atoms with Crippen LogP contribution >= 0.6 is 22.6 Å². The number of anilines is 1. The summed E-state index contributed by atoms with van der Waals surface area (Å²) < 4.78 is 1.21. The number of rotatable bonds is 2. The Kier molecular flexibility index (Phi) is 3.56. The Bertz CT molecular complexity index is 460. The number of nitrogens with one attached hydrogen (secondary N) is 1. The Morgan fingerprint density at radius 2 is 1.82 bits per heavy atom. The van der Waals surface area contributed by atoms with Crippen molar-refractivity contribution < 1.29 is 4.79 Å². The second-order valence-corrected chi connectivity index (χ2v) is 6.53. The van der Waals surface area contributed by atoms with Gasteiger partial charge < -0.3 is 5.32 Å². The highest BCUT2D eigenvalue weighted by Gasteiger charge is 2.27. The molecule has 3 heteroatoms. The van der Waals surface area contributed by atoms with Crippen molar-refractivity contribution >= 4 is 34.1 Å². The van der Waals surface area contributed by atoms with Crippen LogP contribution in [-0.2, 0) is 4.79 Å². The molecule has 0 heterocycles. The van der Waals surface area contributed by atoms with Crippen LogP contribution in [0, 0.1) is 8.99 Å². The predicted octanol–water partition coefficient (Wildman–Crippen LogP) is 3.98. The third-order valence-electron chi connectivity index (χ3n) is 2.81. The van der Waals surface area contributed by atoms with Gasteiger partial charge in [-0.3, -0.25) is 4.79 Å². The Balaban J connectivity index is 2.13. The van der Waals surface area contributed by atoms with E-state index in [9.17, 15) is 4.79 Å². The van der Waals surface area contributed by atoms with E-state index < -0.39 is 0 Å². The highest BCUT2D eigenvalue weighted by molar-refractivity contribution is 14.1. The first-order valence-electron chi connectivity index (χ1n) is 5.71. The fraction of sp³-hybridized carbons (Fsp3) is 0.357. The number of allylic oxidation sites excluding steroid dienone is 2. The molecule has 2 rings (SSSR count). The van der Waals surface area contributed by atoms with Gasteiger partial charge in [0, 0.05) is 27.5 Å². The maximum atomic E-state index is 11.6. The van der Waals surface area contributed by atoms with E-state index in [1.807, 2.05) is 12.1 Å². The van der Waals surface area contributed by atoms with Crippen LogP contribution < -0.4 is 5.32 Å². The van der Waals surface area contributed by atoms with E-state index in [1.165, 1.54) is 3.57 Å². The molecule has 0 amide bonds. The van der Waals surface area contributed by atoms with E-state index in [1.54, 1.807) is 6.08 Å². The van der Waals surface area contributed by atoms with Crippen molar-refractivity contribution in [2.75, 3.05) is 5.32 Å². The van der Waals surface area contributed by atoms with Gasteiger partial charge >= 0.3 is 0 Å². The van der Waals surface area contributed by atoms with Crippen molar-refractivity contribution in [1.29, 1.82) is 0 Å². The summed E-state index contributed by atoms with van der Waals surface area (Å²) in [6.07, 6.45) is 3.30. The maximum absolute atomic E-state index is 11.6. The maximum Gasteiger partial charge on any atom is 0.157 e. The molecule has 1 N–H and O–H groups in total. The first kappa shape index (κ1) is 12.6. The van der Waals surface area contributed by atoms with Crippen molar-refractivity contribution in [3.05, 3.63) is 39.6 Å². The lowest BCUT2D eigenvalue weighted by molar-refractivity contribution is -0.117. The van der Waals surface area contributed by atoms with Crippen molar-refractivity contribution in [3.63, 3.8) is 0 Å². The van der Waals surface area contributed by atoms with E-state index in [-0.39, 0.29) is 11.2 Å². The Hall–Kier alpha value is -0.840. The molecule has 1 aromatic carbocycles. The third kappa shape index (κ3) is 3.56. The topological polar surface area (TPSA) is 29.1 Å². The number of carbonyl (C=O) groups is 1. The predicted molar refractivity (Wildman–Crippen MR) is 78.9 cm³/mol. The zero-order chi connectivity index (χ0) is 12.5. The molecular formula is C14H16INO. The van der Waals surface area contributed by atoms with E-state index >= 15 is 0 Å². The van der Waals surface area contributed by atoms with E-state index in [4.69, 9.17) is 0 Å². The highest BCUT2D eigenvalue weighted by Crippen LogP contribution is 2.33. The van der Waals surface area contributed by atoms with Crippen LogP contribution in [0.15, 0.2) is 36.0 Å². The molecule has 0 unspecified atom stereocenters. The van der Waals surface area contributed by atoms with Gasteiger partial charge in [-0.05, 0) is 58.7 Å². The second-order valence-electron chi connectivity index (χ2n) is 5.29. The van der Waals surface area contributed by atoms with Gasteiger partial charge in [0.15, 0.2) is 5.78 Å². The van der Waals surface area contributed by atoms with Gasteiger partial charge in [-0.1, -0.05) is 13.8 Å². The first-order valence-corrected chi connectivity index (χ1v) is 6.78. The molecule has 0 saturated heterocycles. The fourth-order valence-electron chi connectivity index (χ4n) is 2.15. The van der Waals surface area contributed by atoms with Crippen LogP contribution in [0.2, 0.25) is 0 Å². The van der Waals surface area contributed by atoms with Crippen LogP contribution in [0.5, 0.6) is 0 Å². The second kappa shape index (κ2) is 4.80. The van der Waals surface area contributed by atoms with Gasteiger partial charge in [-0.15, -0.1) is 0 Å². The molecule has 1 aromatic rings. The molecule has 17 heavy (non-hydrogen) atoms. The minimum atomic E-state index is 0.0668. The van der Waals surface area contributed by atoms with E-state index in [0.717, 1.165) is 17.8 Å². The fourth-order valence-corrected chi connectivity index (χ4v) is 2.50. The van der Waals surface area contributed by atoms with Gasteiger partial charge in [0.25, 0.3) is 0 Å². The molecule has 0 radical (unpaired) electrons. The molecule has 0 saturated carbocycles. The first-order chi connectivity index (χ1) is 7.94. The normalized spacial score (nSPS) is 18.8. The summed E-state index contributed by atoms with van der Waals surface area (Å²) in [5.41, 5.74) is 2.13. The summed E-state index contributed by atoms with van der Waals surface area (Å²) in [6.45, 7) is 4.26. The van der Waals surface area contributed by atoms with Crippen molar-refractivity contribution in [1.82, 2.24) is 0 Å². The zero-order valence-electron chi connectivity index (χ0n) is 10.1. The van der Waals surface area contributed by atoms with Gasteiger partial charge in [0.1, 0.15) is 0 Å². The van der Waals surface area contributed by atoms with Crippen molar-refractivity contribution in [3.8, 4) is 0 Å². The largest absolute Gasteiger partial charge is 0.359 e. The highest BCUT2D eigenvalue weighted by atomic mass is 127. The lowest BCUT2D eigenvalue weighted by Gasteiger charge is -2.29. The van der Waals surface area contributed by atoms with E-state index in [2.05, 4.69) is 53.9 Å². The summed E-state index contributed by atoms with van der Waals surface area (Å²) >= 11 is 2.28. The minimum absolute atomic E-state index is 0.0668. The van der Waals surface area contributed by atoms with Gasteiger partial charge in [0.05, 0.1) is 0 Å². The van der Waals surface area contributed by atoms with E-state index in [0.29, 0.717) is 6.42 Å². The lowest BCUT2D eigenvalue weighted by Crippen LogP contribution is -2.24. The van der Waals surface area contributed by atoms with Crippen LogP contribution in [0.25, 0.3) is 0 Å². The lowest BCUT2D eigenvalue weighted by atomic mass is 9.79. The Morgan fingerprint density at radius 1 is 1.18 bits per heavy atom. The Morgan fingerprint density at radius 3 is 2.41 bits per heavy atom. The van der Waals surface area contributed by atoms with Gasteiger partial charge in [0.2, 0.25) is 0 Å². The average molecular weight is 341 g/mol. The van der Waals surface area contributed by atoms with Gasteiger partial charge in [-0.2, -0.15) is 0 Å². The van der Waals surface area contributed by atoms with Crippen molar-refractivity contribution in [2.45, 2.75) is 26.7 Å². The van der Waals surface area contributed by atoms with Crippen LogP contribution in [-0.4, -0.2) is 5.78 Å². The summed E-state index contributed by atoms with van der Waals surface area (Å²) in [4.78, 5) is 11.6. The number of hydrogen-bond acceptors (Lipinski definition) is 2. The standard InChI is InChI=1S/C14H16INO/c1-14(2)8-12(7-13(17)9-14)16-11-5-3-10(15)4-6-11/h3-7,16H,8-9H2,1-2H3. The molecule has 0 aromatic heterocycles. The SMILES string of the molecule is CC1(C)CC(=O)C=C(Nc2ccc(I)cc2)C1. The molecule has 0 spiro atoms. The number of benzene rings is 1. The zero-order valence-corrected chi connectivity index (χ0v) is 12.2. The molecule has 2 nitrogen and oxygen atoms in total. The van der Waals surface area contributed by atoms with Crippen LogP contribution in [0.3, 0.4) is 0 Å². The summed E-state index contributed by atoms with van der Waals surface area (Å²) in [5.74, 6) is 0.217. The molecule has 0 bridgehead atoms. The summed E-state index contributed by atoms with van der Waals surface area (Å²) in [5, 5.41) is 3.33.